The van der Waals surface area contributed by atoms with E-state index >= 15 is 0 Å². The number of aromatic amines is 1. The molecule has 3 aromatic rings. The van der Waals surface area contributed by atoms with Crippen LogP contribution in [0.5, 0.6) is 0 Å². The molecule has 0 unspecified atom stereocenters. The van der Waals surface area contributed by atoms with Crippen molar-refractivity contribution in [2.75, 3.05) is 5.75 Å². The highest BCUT2D eigenvalue weighted by atomic mass is 32.2. The van der Waals surface area contributed by atoms with Crippen LogP contribution in [0.2, 0.25) is 0 Å². The van der Waals surface area contributed by atoms with Gasteiger partial charge in [-0.05, 0) is 42.9 Å². The highest BCUT2D eigenvalue weighted by molar-refractivity contribution is 7.98. The summed E-state index contributed by atoms with van der Waals surface area (Å²) in [6.07, 6.45) is 1.20. The van der Waals surface area contributed by atoms with Crippen molar-refractivity contribution in [2.45, 2.75) is 19.1 Å². The van der Waals surface area contributed by atoms with Crippen LogP contribution >= 0.6 is 23.1 Å². The van der Waals surface area contributed by atoms with Crippen molar-refractivity contribution < 1.29 is 0 Å². The van der Waals surface area contributed by atoms with Crippen LogP contribution in [0.25, 0.3) is 21.9 Å². The molecule has 1 N–H and O–H groups in total. The van der Waals surface area contributed by atoms with E-state index in [0.29, 0.717) is 0 Å². The number of hydrogen-bond donors (Lipinski definition) is 1. The Labute approximate surface area is 119 Å². The van der Waals surface area contributed by atoms with E-state index in [-0.39, 0.29) is 0 Å². The second-order valence-corrected chi connectivity index (χ2v) is 7.01. The molecule has 4 heterocycles. The van der Waals surface area contributed by atoms with Crippen LogP contribution in [-0.4, -0.2) is 20.7 Å². The van der Waals surface area contributed by atoms with Gasteiger partial charge in [-0.1, -0.05) is 0 Å². The Bertz CT molecular complexity index is 734. The summed E-state index contributed by atoms with van der Waals surface area (Å²) in [5.74, 6) is 3.34. The van der Waals surface area contributed by atoms with Crippen molar-refractivity contribution in [3.63, 3.8) is 0 Å². The maximum absolute atomic E-state index is 4.62. The van der Waals surface area contributed by atoms with Crippen LogP contribution in [0.3, 0.4) is 0 Å². The van der Waals surface area contributed by atoms with Crippen molar-refractivity contribution in [2.24, 2.45) is 0 Å². The SMILES string of the molecule is Cc1ccc2[nH]c(-c3cc4c(s3)CCSC4)nc2n1. The lowest BCUT2D eigenvalue weighted by molar-refractivity contribution is 1.13. The van der Waals surface area contributed by atoms with Crippen LogP contribution in [0, 0.1) is 6.92 Å². The van der Waals surface area contributed by atoms with Gasteiger partial charge < -0.3 is 4.98 Å². The molecule has 96 valence electrons. The van der Waals surface area contributed by atoms with Gasteiger partial charge in [0, 0.05) is 16.3 Å². The summed E-state index contributed by atoms with van der Waals surface area (Å²) in [7, 11) is 0. The van der Waals surface area contributed by atoms with E-state index in [1.807, 2.05) is 36.1 Å². The van der Waals surface area contributed by atoms with Gasteiger partial charge in [-0.2, -0.15) is 11.8 Å². The Balaban J connectivity index is 1.83. The van der Waals surface area contributed by atoms with Gasteiger partial charge in [0.05, 0.1) is 10.4 Å². The molecular formula is C14H13N3S2. The Morgan fingerprint density at radius 2 is 2.21 bits per heavy atom. The first-order valence-corrected chi connectivity index (χ1v) is 8.30. The van der Waals surface area contributed by atoms with Crippen LogP contribution in [0.15, 0.2) is 18.2 Å². The molecule has 1 aliphatic heterocycles. The first kappa shape index (κ1) is 11.5. The number of pyridine rings is 1. The molecule has 0 atom stereocenters. The number of rotatable bonds is 1. The van der Waals surface area contributed by atoms with Crippen molar-refractivity contribution in [3.05, 3.63) is 34.3 Å². The van der Waals surface area contributed by atoms with E-state index in [1.165, 1.54) is 27.5 Å². The standard InChI is InChI=1S/C14H13N3S2/c1-8-2-3-10-13(15-8)17-14(16-10)12-6-9-7-18-5-4-11(9)19-12/h2-3,6H,4-5,7H2,1H3,(H,15,16,17). The molecule has 0 aromatic carbocycles. The molecule has 0 bridgehead atoms. The number of thiophene rings is 1. The summed E-state index contributed by atoms with van der Waals surface area (Å²) >= 11 is 3.89. The minimum absolute atomic E-state index is 0.816. The van der Waals surface area contributed by atoms with Gasteiger partial charge in [-0.3, -0.25) is 0 Å². The summed E-state index contributed by atoms with van der Waals surface area (Å²) in [5, 5.41) is 0. The number of H-pyrrole nitrogens is 1. The van der Waals surface area contributed by atoms with Gasteiger partial charge in [0.15, 0.2) is 11.5 Å². The van der Waals surface area contributed by atoms with E-state index in [1.54, 1.807) is 0 Å². The fraction of sp³-hybridized carbons (Fsp3) is 0.286. The molecule has 0 radical (unpaired) electrons. The second kappa shape index (κ2) is 4.35. The quantitative estimate of drug-likeness (QED) is 0.740. The van der Waals surface area contributed by atoms with Crippen molar-refractivity contribution in [1.82, 2.24) is 15.0 Å². The third-order valence-corrected chi connectivity index (χ3v) is 5.60. The molecular weight excluding hydrogens is 274 g/mol. The van der Waals surface area contributed by atoms with Crippen molar-refractivity contribution >= 4 is 34.3 Å². The minimum Gasteiger partial charge on any atom is -0.336 e. The average molecular weight is 287 g/mol. The van der Waals surface area contributed by atoms with Crippen LogP contribution in [-0.2, 0) is 12.2 Å². The minimum atomic E-state index is 0.816. The fourth-order valence-electron chi connectivity index (χ4n) is 2.37. The summed E-state index contributed by atoms with van der Waals surface area (Å²) in [5.41, 5.74) is 4.32. The molecule has 0 aliphatic carbocycles. The van der Waals surface area contributed by atoms with Crippen molar-refractivity contribution in [3.8, 4) is 10.7 Å². The van der Waals surface area contributed by atoms with E-state index in [0.717, 1.165) is 28.4 Å². The second-order valence-electron chi connectivity index (χ2n) is 4.77. The van der Waals surface area contributed by atoms with Crippen LogP contribution in [0.4, 0.5) is 0 Å². The molecule has 3 aromatic heterocycles. The van der Waals surface area contributed by atoms with Gasteiger partial charge >= 0.3 is 0 Å². The fourth-order valence-corrected chi connectivity index (χ4v) is 4.68. The zero-order valence-corrected chi connectivity index (χ0v) is 12.2. The zero-order valence-electron chi connectivity index (χ0n) is 10.6. The van der Waals surface area contributed by atoms with Crippen molar-refractivity contribution in [1.29, 1.82) is 0 Å². The van der Waals surface area contributed by atoms with Gasteiger partial charge in [-0.15, -0.1) is 11.3 Å². The van der Waals surface area contributed by atoms with Crippen LogP contribution < -0.4 is 0 Å². The number of aryl methyl sites for hydroxylation is 2. The largest absolute Gasteiger partial charge is 0.336 e. The molecule has 0 amide bonds. The summed E-state index contributed by atoms with van der Waals surface area (Å²) in [4.78, 5) is 15.2. The number of imidazole rings is 1. The van der Waals surface area contributed by atoms with Gasteiger partial charge in [-0.25, -0.2) is 9.97 Å². The maximum atomic E-state index is 4.62. The van der Waals surface area contributed by atoms with Gasteiger partial charge in [0.2, 0.25) is 0 Å². The molecule has 0 saturated carbocycles. The molecule has 0 fully saturated rings. The maximum Gasteiger partial charge on any atom is 0.178 e. The highest BCUT2D eigenvalue weighted by Crippen LogP contribution is 2.36. The van der Waals surface area contributed by atoms with Crippen LogP contribution in [0.1, 0.15) is 16.1 Å². The number of thioether (sulfide) groups is 1. The number of aromatic nitrogens is 3. The lowest BCUT2D eigenvalue weighted by atomic mass is 10.2. The smallest absolute Gasteiger partial charge is 0.178 e. The monoisotopic (exact) mass is 287 g/mol. The molecule has 4 rings (SSSR count). The molecule has 3 nitrogen and oxygen atoms in total. The molecule has 5 heteroatoms. The molecule has 0 spiro atoms. The van der Waals surface area contributed by atoms with E-state index in [2.05, 4.69) is 27.1 Å². The van der Waals surface area contributed by atoms with E-state index in [4.69, 9.17) is 0 Å². The number of nitrogens with one attached hydrogen (secondary N) is 1. The predicted molar refractivity (Wildman–Crippen MR) is 81.8 cm³/mol. The summed E-state index contributed by atoms with van der Waals surface area (Å²) < 4.78 is 0. The van der Waals surface area contributed by atoms with Gasteiger partial charge in [0.1, 0.15) is 0 Å². The Kier molecular flexibility index (Phi) is 2.63. The summed E-state index contributed by atoms with van der Waals surface area (Å²) in [6.45, 7) is 1.99. The summed E-state index contributed by atoms with van der Waals surface area (Å²) in [6, 6.07) is 6.36. The Morgan fingerprint density at radius 3 is 3.11 bits per heavy atom. The number of hydrogen-bond acceptors (Lipinski definition) is 4. The number of fused-ring (bicyclic) bond motifs is 2. The predicted octanol–water partition coefficient (Wildman–Crippen LogP) is 3.78. The Hall–Kier alpha value is -1.33. The first-order valence-electron chi connectivity index (χ1n) is 6.33. The number of nitrogens with zero attached hydrogens (tertiary/aromatic N) is 2. The third-order valence-electron chi connectivity index (χ3n) is 3.35. The van der Waals surface area contributed by atoms with E-state index in [9.17, 15) is 0 Å². The lowest BCUT2D eigenvalue weighted by Crippen LogP contribution is -1.96. The lowest BCUT2D eigenvalue weighted by Gasteiger charge is -2.08. The highest BCUT2D eigenvalue weighted by Gasteiger charge is 2.16. The normalized spacial score (nSPS) is 14.8. The topological polar surface area (TPSA) is 41.6 Å². The molecule has 1 aliphatic rings. The van der Waals surface area contributed by atoms with E-state index < -0.39 is 0 Å². The molecule has 19 heavy (non-hydrogen) atoms. The third kappa shape index (κ3) is 1.97. The average Bonchev–Trinajstić information content (AvgIpc) is 3.00. The zero-order chi connectivity index (χ0) is 12.8. The molecule has 0 saturated heterocycles. The first-order chi connectivity index (χ1) is 9.29. The Morgan fingerprint density at radius 1 is 1.26 bits per heavy atom. The van der Waals surface area contributed by atoms with Gasteiger partial charge in [0.25, 0.3) is 0 Å².